The molecule has 0 spiro atoms. The molecular weight excluding hydrogens is 338 g/mol. The Hall–Kier alpha value is -2.54. The number of rotatable bonds is 6. The zero-order valence-electron chi connectivity index (χ0n) is 14.1. The maximum absolute atomic E-state index is 11.9. The lowest BCUT2D eigenvalue weighted by Crippen LogP contribution is -2.28. The lowest BCUT2D eigenvalue weighted by molar-refractivity contribution is -0.125. The van der Waals surface area contributed by atoms with Crippen molar-refractivity contribution in [3.8, 4) is 5.75 Å². The first-order chi connectivity index (χ1) is 12.1. The fraction of sp³-hybridized carbons (Fsp3) is 0.278. The van der Waals surface area contributed by atoms with Gasteiger partial charge in [-0.25, -0.2) is 4.98 Å². The zero-order valence-corrected chi connectivity index (χ0v) is 15.0. The van der Waals surface area contributed by atoms with Crippen LogP contribution in [0.2, 0.25) is 0 Å². The van der Waals surface area contributed by atoms with Crippen LogP contribution < -0.4 is 9.64 Å². The Morgan fingerprint density at radius 3 is 2.72 bits per heavy atom. The van der Waals surface area contributed by atoms with Crippen LogP contribution in [-0.2, 0) is 11.3 Å². The highest BCUT2D eigenvalue weighted by Crippen LogP contribution is 2.36. The van der Waals surface area contributed by atoms with Crippen LogP contribution in [-0.4, -0.2) is 40.4 Å². The van der Waals surface area contributed by atoms with Gasteiger partial charge >= 0.3 is 0 Å². The molecule has 1 aliphatic heterocycles. The molecule has 3 rings (SSSR count). The van der Waals surface area contributed by atoms with E-state index in [1.165, 1.54) is 4.90 Å². The third kappa shape index (κ3) is 3.61. The maximum Gasteiger partial charge on any atom is 0.289 e. The number of nitrogens with zero attached hydrogens (tertiary/aromatic N) is 3. The minimum atomic E-state index is -0.212. The Balaban J connectivity index is 1.96. The van der Waals surface area contributed by atoms with Gasteiger partial charge in [0.25, 0.3) is 5.24 Å². The van der Waals surface area contributed by atoms with Crippen LogP contribution in [0.25, 0.3) is 0 Å². The van der Waals surface area contributed by atoms with E-state index in [1.54, 1.807) is 6.20 Å². The maximum atomic E-state index is 11.9. The summed E-state index contributed by atoms with van der Waals surface area (Å²) in [4.78, 5) is 31.4. The Bertz CT molecular complexity index is 766. The summed E-state index contributed by atoms with van der Waals surface area (Å²) >= 11 is 1.04. The van der Waals surface area contributed by atoms with Gasteiger partial charge in [-0.05, 0) is 25.1 Å². The number of ether oxygens (including phenoxy) is 1. The quantitative estimate of drug-likeness (QED) is 0.789. The number of thioether (sulfide) groups is 1. The molecule has 0 bridgehead atoms. The van der Waals surface area contributed by atoms with Gasteiger partial charge in [-0.15, -0.1) is 0 Å². The van der Waals surface area contributed by atoms with Gasteiger partial charge < -0.3 is 9.64 Å². The minimum absolute atomic E-state index is 0.166. The number of imide groups is 1. The van der Waals surface area contributed by atoms with Gasteiger partial charge in [0.1, 0.15) is 11.6 Å². The van der Waals surface area contributed by atoms with Gasteiger partial charge in [0.05, 0.1) is 24.6 Å². The summed E-state index contributed by atoms with van der Waals surface area (Å²) in [6.07, 6.45) is 1.73. The SMILES string of the molecule is CCOc1c(CN2C(=O)CSC2=O)cccc1N(C)c1ccccn1. The molecular formula is C18H19N3O3S. The Morgan fingerprint density at radius 2 is 2.08 bits per heavy atom. The number of para-hydroxylation sites is 1. The standard InChI is InChI=1S/C18H19N3O3S/c1-3-24-17-13(11-21-16(22)12-25-18(21)23)7-6-8-14(17)20(2)15-9-4-5-10-19-15/h4-10H,3,11-12H2,1-2H3. The molecule has 1 saturated heterocycles. The minimum Gasteiger partial charge on any atom is -0.491 e. The van der Waals surface area contributed by atoms with E-state index >= 15 is 0 Å². The van der Waals surface area contributed by atoms with Crippen molar-refractivity contribution in [1.29, 1.82) is 0 Å². The average molecular weight is 357 g/mol. The van der Waals surface area contributed by atoms with Crippen molar-refractivity contribution >= 4 is 34.4 Å². The zero-order chi connectivity index (χ0) is 17.8. The first-order valence-corrected chi connectivity index (χ1v) is 8.97. The molecule has 130 valence electrons. The normalized spacial score (nSPS) is 14.1. The molecule has 0 saturated carbocycles. The van der Waals surface area contributed by atoms with E-state index < -0.39 is 0 Å². The summed E-state index contributed by atoms with van der Waals surface area (Å²) in [7, 11) is 1.91. The van der Waals surface area contributed by atoms with Crippen LogP contribution >= 0.6 is 11.8 Å². The lowest BCUT2D eigenvalue weighted by atomic mass is 10.1. The molecule has 2 heterocycles. The number of carbonyl (C=O) groups excluding carboxylic acids is 2. The van der Waals surface area contributed by atoms with E-state index in [1.807, 2.05) is 55.3 Å². The summed E-state index contributed by atoms with van der Waals surface area (Å²) in [6, 6.07) is 11.4. The van der Waals surface area contributed by atoms with E-state index in [9.17, 15) is 9.59 Å². The molecule has 7 heteroatoms. The number of hydrogen-bond donors (Lipinski definition) is 0. The predicted octanol–water partition coefficient (Wildman–Crippen LogP) is 3.44. The summed E-state index contributed by atoms with van der Waals surface area (Å²) in [6.45, 7) is 2.60. The third-order valence-corrected chi connectivity index (χ3v) is 4.75. The van der Waals surface area contributed by atoms with Gasteiger partial charge in [0.2, 0.25) is 5.91 Å². The van der Waals surface area contributed by atoms with Crippen LogP contribution in [0.5, 0.6) is 5.75 Å². The number of amides is 2. The fourth-order valence-corrected chi connectivity index (χ4v) is 3.38. The number of anilines is 2. The van der Waals surface area contributed by atoms with Gasteiger partial charge in [0, 0.05) is 18.8 Å². The number of benzene rings is 1. The van der Waals surface area contributed by atoms with Crippen LogP contribution in [0, 0.1) is 0 Å². The molecule has 2 amide bonds. The van der Waals surface area contributed by atoms with Gasteiger partial charge in [-0.3, -0.25) is 14.5 Å². The summed E-state index contributed by atoms with van der Waals surface area (Å²) < 4.78 is 5.87. The summed E-state index contributed by atoms with van der Waals surface area (Å²) in [5, 5.41) is -0.212. The van der Waals surface area contributed by atoms with E-state index in [2.05, 4.69) is 4.98 Å². The smallest absolute Gasteiger partial charge is 0.289 e. The molecule has 6 nitrogen and oxygen atoms in total. The number of aromatic nitrogens is 1. The second-order valence-electron chi connectivity index (χ2n) is 5.48. The molecule has 25 heavy (non-hydrogen) atoms. The Kier molecular flexibility index (Phi) is 5.23. The first kappa shape index (κ1) is 17.3. The van der Waals surface area contributed by atoms with Gasteiger partial charge in [0.15, 0.2) is 0 Å². The summed E-state index contributed by atoms with van der Waals surface area (Å²) in [5.74, 6) is 1.48. The molecule has 0 N–H and O–H groups in total. The topological polar surface area (TPSA) is 62.7 Å². The Labute approximate surface area is 150 Å². The van der Waals surface area contributed by atoms with Gasteiger partial charge in [-0.2, -0.15) is 0 Å². The van der Waals surface area contributed by atoms with Crippen molar-refractivity contribution in [3.63, 3.8) is 0 Å². The molecule has 1 fully saturated rings. The number of pyridine rings is 1. The number of hydrogen-bond acceptors (Lipinski definition) is 6. The molecule has 0 radical (unpaired) electrons. The molecule has 2 aromatic rings. The van der Waals surface area contributed by atoms with E-state index in [-0.39, 0.29) is 23.4 Å². The van der Waals surface area contributed by atoms with E-state index in [4.69, 9.17) is 4.74 Å². The Morgan fingerprint density at radius 1 is 1.24 bits per heavy atom. The highest BCUT2D eigenvalue weighted by atomic mass is 32.2. The fourth-order valence-electron chi connectivity index (χ4n) is 2.65. The average Bonchev–Trinajstić information content (AvgIpc) is 2.95. The molecule has 1 aromatic heterocycles. The van der Waals surface area contributed by atoms with Crippen LogP contribution in [0.15, 0.2) is 42.6 Å². The van der Waals surface area contributed by atoms with Crippen molar-refractivity contribution in [1.82, 2.24) is 9.88 Å². The second-order valence-corrected chi connectivity index (χ2v) is 6.41. The van der Waals surface area contributed by atoms with Crippen molar-refractivity contribution in [2.75, 3.05) is 24.3 Å². The van der Waals surface area contributed by atoms with E-state index in [0.29, 0.717) is 12.4 Å². The molecule has 0 unspecified atom stereocenters. The second kappa shape index (κ2) is 7.57. The predicted molar refractivity (Wildman–Crippen MR) is 98.3 cm³/mol. The number of carbonyl (C=O) groups is 2. The molecule has 1 aromatic carbocycles. The highest BCUT2D eigenvalue weighted by Gasteiger charge is 2.31. The molecule has 0 atom stereocenters. The van der Waals surface area contributed by atoms with Crippen molar-refractivity contribution in [2.45, 2.75) is 13.5 Å². The lowest BCUT2D eigenvalue weighted by Gasteiger charge is -2.24. The van der Waals surface area contributed by atoms with E-state index in [0.717, 1.165) is 28.8 Å². The highest BCUT2D eigenvalue weighted by molar-refractivity contribution is 8.14. The van der Waals surface area contributed by atoms with Crippen molar-refractivity contribution < 1.29 is 14.3 Å². The monoisotopic (exact) mass is 357 g/mol. The van der Waals surface area contributed by atoms with Crippen molar-refractivity contribution in [2.24, 2.45) is 0 Å². The third-order valence-electron chi connectivity index (χ3n) is 3.89. The largest absolute Gasteiger partial charge is 0.491 e. The van der Waals surface area contributed by atoms with Crippen LogP contribution in [0.1, 0.15) is 12.5 Å². The van der Waals surface area contributed by atoms with Crippen LogP contribution in [0.3, 0.4) is 0 Å². The first-order valence-electron chi connectivity index (χ1n) is 7.98. The van der Waals surface area contributed by atoms with Crippen molar-refractivity contribution in [3.05, 3.63) is 48.2 Å². The molecule has 0 aliphatic carbocycles. The molecule has 1 aliphatic rings. The van der Waals surface area contributed by atoms with Gasteiger partial charge in [-0.1, -0.05) is 30.0 Å². The van der Waals surface area contributed by atoms with Crippen LogP contribution in [0.4, 0.5) is 16.3 Å². The summed E-state index contributed by atoms with van der Waals surface area (Å²) in [5.41, 5.74) is 1.64.